The summed E-state index contributed by atoms with van der Waals surface area (Å²) < 4.78 is 5.68. The van der Waals surface area contributed by atoms with Gasteiger partial charge in [0, 0.05) is 10.6 Å². The van der Waals surface area contributed by atoms with Gasteiger partial charge in [-0.2, -0.15) is 0 Å². The number of aryl methyl sites for hydroxylation is 1. The van der Waals surface area contributed by atoms with Crippen molar-refractivity contribution in [3.05, 3.63) is 34.7 Å². The molecule has 0 amide bonds. The van der Waals surface area contributed by atoms with Crippen LogP contribution in [-0.2, 0) is 0 Å². The molecule has 2 aromatic rings. The number of halogens is 1. The van der Waals surface area contributed by atoms with E-state index in [1.807, 2.05) is 39.0 Å². The maximum atomic E-state index is 5.98. The van der Waals surface area contributed by atoms with Gasteiger partial charge in [-0.3, -0.25) is 0 Å². The summed E-state index contributed by atoms with van der Waals surface area (Å²) in [7, 11) is 0. The molecule has 0 spiro atoms. The van der Waals surface area contributed by atoms with Gasteiger partial charge in [0.2, 0.25) is 11.8 Å². The number of hydrogen-bond acceptors (Lipinski definition) is 4. The lowest BCUT2D eigenvalue weighted by Crippen LogP contribution is -2.17. The maximum Gasteiger partial charge on any atom is 0.248 e. The minimum Gasteiger partial charge on any atom is -0.419 e. The first kappa shape index (κ1) is 13.1. The lowest BCUT2D eigenvalue weighted by atomic mass is 10.1. The summed E-state index contributed by atoms with van der Waals surface area (Å²) in [6.07, 6.45) is 0. The molecule has 18 heavy (non-hydrogen) atoms. The molecule has 0 fully saturated rings. The predicted octanol–water partition coefficient (Wildman–Crippen LogP) is 3.37. The van der Waals surface area contributed by atoms with Crippen molar-refractivity contribution in [3.8, 4) is 11.5 Å². The number of aromatic nitrogens is 2. The van der Waals surface area contributed by atoms with E-state index in [0.29, 0.717) is 16.8 Å². The minimum absolute atomic E-state index is 0.0516. The van der Waals surface area contributed by atoms with Crippen molar-refractivity contribution >= 4 is 11.6 Å². The summed E-state index contributed by atoms with van der Waals surface area (Å²) in [5.74, 6) is 1.10. The van der Waals surface area contributed by atoms with Gasteiger partial charge in [0.05, 0.1) is 6.04 Å². The topological polar surface area (TPSA) is 51.0 Å². The zero-order valence-corrected chi connectivity index (χ0v) is 11.5. The normalized spacial score (nSPS) is 12.7. The Bertz CT molecular complexity index is 539. The van der Waals surface area contributed by atoms with Gasteiger partial charge >= 0.3 is 0 Å². The Morgan fingerprint density at radius 3 is 2.89 bits per heavy atom. The predicted molar refractivity (Wildman–Crippen MR) is 71.6 cm³/mol. The summed E-state index contributed by atoms with van der Waals surface area (Å²) in [6.45, 7) is 6.87. The van der Waals surface area contributed by atoms with Crippen LogP contribution >= 0.6 is 11.6 Å². The van der Waals surface area contributed by atoms with Crippen LogP contribution in [0.5, 0.6) is 0 Å². The summed E-state index contributed by atoms with van der Waals surface area (Å²) in [5, 5.41) is 12.0. The van der Waals surface area contributed by atoms with Crippen LogP contribution in [0.25, 0.3) is 11.5 Å². The van der Waals surface area contributed by atoms with Gasteiger partial charge in [0.1, 0.15) is 0 Å². The summed E-state index contributed by atoms with van der Waals surface area (Å²) in [5.41, 5.74) is 1.94. The first-order valence-corrected chi connectivity index (χ1v) is 6.33. The monoisotopic (exact) mass is 265 g/mol. The second-order valence-corrected chi connectivity index (χ2v) is 4.62. The molecule has 1 heterocycles. The Morgan fingerprint density at radius 2 is 2.17 bits per heavy atom. The van der Waals surface area contributed by atoms with Crippen LogP contribution in [-0.4, -0.2) is 16.7 Å². The van der Waals surface area contributed by atoms with E-state index in [1.165, 1.54) is 0 Å². The average Bonchev–Trinajstić information content (AvgIpc) is 2.82. The largest absolute Gasteiger partial charge is 0.419 e. The van der Waals surface area contributed by atoms with E-state index in [-0.39, 0.29) is 6.04 Å². The number of hydrogen-bond donors (Lipinski definition) is 1. The molecule has 0 aliphatic carbocycles. The highest BCUT2D eigenvalue weighted by Crippen LogP contribution is 2.26. The number of benzene rings is 1. The Balaban J connectivity index is 2.32. The van der Waals surface area contributed by atoms with Crippen LogP contribution in [0.4, 0.5) is 0 Å². The Labute approximate surface area is 111 Å². The molecule has 0 bridgehead atoms. The van der Waals surface area contributed by atoms with Gasteiger partial charge in [-0.05, 0) is 38.1 Å². The van der Waals surface area contributed by atoms with E-state index in [9.17, 15) is 0 Å². The second kappa shape index (κ2) is 5.50. The van der Waals surface area contributed by atoms with Gasteiger partial charge in [-0.15, -0.1) is 10.2 Å². The van der Waals surface area contributed by atoms with Crippen molar-refractivity contribution in [2.24, 2.45) is 0 Å². The van der Waals surface area contributed by atoms with Crippen LogP contribution in [0.2, 0.25) is 5.02 Å². The van der Waals surface area contributed by atoms with Crippen LogP contribution in [0, 0.1) is 6.92 Å². The highest BCUT2D eigenvalue weighted by Gasteiger charge is 2.15. The van der Waals surface area contributed by atoms with Gasteiger partial charge in [0.25, 0.3) is 0 Å². The Morgan fingerprint density at radius 1 is 1.39 bits per heavy atom. The molecule has 1 N–H and O–H groups in total. The number of nitrogens with one attached hydrogen (secondary N) is 1. The first-order valence-electron chi connectivity index (χ1n) is 5.95. The molecule has 5 heteroatoms. The summed E-state index contributed by atoms with van der Waals surface area (Å²) >= 11 is 5.98. The molecule has 1 aromatic carbocycles. The molecular formula is C13H16ClN3O. The molecule has 0 saturated carbocycles. The number of nitrogens with zero attached hydrogens (tertiary/aromatic N) is 2. The molecule has 1 unspecified atom stereocenters. The minimum atomic E-state index is 0.0516. The highest BCUT2D eigenvalue weighted by molar-refractivity contribution is 6.30. The lowest BCUT2D eigenvalue weighted by Gasteiger charge is -2.06. The van der Waals surface area contributed by atoms with E-state index >= 15 is 0 Å². The van der Waals surface area contributed by atoms with Gasteiger partial charge in [-0.1, -0.05) is 24.6 Å². The third-order valence-corrected chi connectivity index (χ3v) is 2.99. The maximum absolute atomic E-state index is 5.98. The molecule has 0 aliphatic heterocycles. The fourth-order valence-electron chi connectivity index (χ4n) is 1.74. The SMILES string of the molecule is CCNC(C)c1nnc(-c2cc(Cl)ccc2C)o1. The summed E-state index contributed by atoms with van der Waals surface area (Å²) in [4.78, 5) is 0. The Kier molecular flexibility index (Phi) is 3.99. The standard InChI is InChI=1S/C13H16ClN3O/c1-4-15-9(3)12-16-17-13(18-12)11-7-10(14)6-5-8(11)2/h5-7,9,15H,4H2,1-3H3. The van der Waals surface area contributed by atoms with Crippen molar-refractivity contribution in [2.75, 3.05) is 6.54 Å². The van der Waals surface area contributed by atoms with Crippen LogP contribution in [0.15, 0.2) is 22.6 Å². The molecule has 0 radical (unpaired) electrons. The fourth-order valence-corrected chi connectivity index (χ4v) is 1.91. The zero-order chi connectivity index (χ0) is 13.1. The second-order valence-electron chi connectivity index (χ2n) is 4.18. The number of rotatable bonds is 4. The Hall–Kier alpha value is -1.39. The fraction of sp³-hybridized carbons (Fsp3) is 0.385. The van der Waals surface area contributed by atoms with Gasteiger partial charge in [0.15, 0.2) is 0 Å². The first-order chi connectivity index (χ1) is 8.61. The van der Waals surface area contributed by atoms with Crippen LogP contribution in [0.1, 0.15) is 31.3 Å². The lowest BCUT2D eigenvalue weighted by molar-refractivity contribution is 0.429. The molecular weight excluding hydrogens is 250 g/mol. The van der Waals surface area contributed by atoms with E-state index in [1.54, 1.807) is 0 Å². The summed E-state index contributed by atoms with van der Waals surface area (Å²) in [6, 6.07) is 5.68. The molecule has 1 atom stereocenters. The molecule has 4 nitrogen and oxygen atoms in total. The van der Waals surface area contributed by atoms with Crippen molar-refractivity contribution in [3.63, 3.8) is 0 Å². The van der Waals surface area contributed by atoms with E-state index < -0.39 is 0 Å². The van der Waals surface area contributed by atoms with Crippen molar-refractivity contribution in [1.29, 1.82) is 0 Å². The average molecular weight is 266 g/mol. The molecule has 2 rings (SSSR count). The molecule has 96 valence electrons. The highest BCUT2D eigenvalue weighted by atomic mass is 35.5. The van der Waals surface area contributed by atoms with E-state index in [0.717, 1.165) is 17.7 Å². The van der Waals surface area contributed by atoms with Crippen molar-refractivity contribution in [1.82, 2.24) is 15.5 Å². The third kappa shape index (κ3) is 2.71. The van der Waals surface area contributed by atoms with Crippen molar-refractivity contribution < 1.29 is 4.42 Å². The third-order valence-electron chi connectivity index (χ3n) is 2.75. The molecule has 1 aromatic heterocycles. The molecule has 0 aliphatic rings. The van der Waals surface area contributed by atoms with Crippen LogP contribution in [0.3, 0.4) is 0 Å². The van der Waals surface area contributed by atoms with Gasteiger partial charge < -0.3 is 9.73 Å². The van der Waals surface area contributed by atoms with Gasteiger partial charge in [-0.25, -0.2) is 0 Å². The quantitative estimate of drug-likeness (QED) is 0.921. The van der Waals surface area contributed by atoms with Crippen LogP contribution < -0.4 is 5.32 Å². The van der Waals surface area contributed by atoms with E-state index in [2.05, 4.69) is 15.5 Å². The molecule has 0 saturated heterocycles. The van der Waals surface area contributed by atoms with Crippen molar-refractivity contribution in [2.45, 2.75) is 26.8 Å². The van der Waals surface area contributed by atoms with E-state index in [4.69, 9.17) is 16.0 Å². The zero-order valence-electron chi connectivity index (χ0n) is 10.7. The smallest absolute Gasteiger partial charge is 0.248 e.